The number of nitrogens with zero attached hydrogens (tertiary/aromatic N) is 1. The average Bonchev–Trinajstić information content (AvgIpc) is 2.39. The van der Waals surface area contributed by atoms with Gasteiger partial charge < -0.3 is 0 Å². The number of carbonyl (C=O) groups is 2. The molecule has 0 atom stereocenters. The van der Waals surface area contributed by atoms with Crippen molar-refractivity contribution in [3.05, 3.63) is 65.7 Å². The molecule has 0 saturated heterocycles. The number of Topliss-reactive ketones (excluding diaryl/α,β-unsaturated/α-hetero) is 2. The van der Waals surface area contributed by atoms with E-state index >= 15 is 0 Å². The molecule has 3 nitrogen and oxygen atoms in total. The Bertz CT molecular complexity index is 581. The maximum atomic E-state index is 12.9. The van der Waals surface area contributed by atoms with Gasteiger partial charge in [0, 0.05) is 23.5 Å². The molecule has 1 aromatic carbocycles. The van der Waals surface area contributed by atoms with E-state index in [1.807, 2.05) is 0 Å². The van der Waals surface area contributed by atoms with E-state index in [2.05, 4.69) is 4.98 Å². The van der Waals surface area contributed by atoms with Gasteiger partial charge in [0.25, 0.3) is 0 Å². The third kappa shape index (κ3) is 2.85. The van der Waals surface area contributed by atoms with Gasteiger partial charge in [0.15, 0.2) is 11.6 Å². The number of hydrogen-bond donors (Lipinski definition) is 0. The molecule has 0 bridgehead atoms. The Morgan fingerprint density at radius 2 is 1.78 bits per heavy atom. The summed E-state index contributed by atoms with van der Waals surface area (Å²) in [6.45, 7) is 0. The van der Waals surface area contributed by atoms with Crippen LogP contribution in [0.15, 0.2) is 48.8 Å². The fraction of sp³-hybridized carbons (Fsp3) is 0.0714. The zero-order valence-corrected chi connectivity index (χ0v) is 9.47. The SMILES string of the molecule is O=C(CC(=O)c1cccc(F)c1)c1cccnc1. The van der Waals surface area contributed by atoms with Crippen LogP contribution in [0.1, 0.15) is 27.1 Å². The molecule has 0 spiro atoms. The van der Waals surface area contributed by atoms with Crippen LogP contribution in [-0.2, 0) is 0 Å². The number of ketones is 2. The lowest BCUT2D eigenvalue weighted by molar-refractivity contribution is 0.0894. The fourth-order valence-corrected chi connectivity index (χ4v) is 1.54. The van der Waals surface area contributed by atoms with Crippen molar-refractivity contribution in [1.82, 2.24) is 4.98 Å². The highest BCUT2D eigenvalue weighted by molar-refractivity contribution is 6.13. The minimum absolute atomic E-state index is 0.201. The summed E-state index contributed by atoms with van der Waals surface area (Å²) in [7, 11) is 0. The monoisotopic (exact) mass is 243 g/mol. The van der Waals surface area contributed by atoms with Gasteiger partial charge in [0.2, 0.25) is 0 Å². The van der Waals surface area contributed by atoms with E-state index in [9.17, 15) is 14.0 Å². The zero-order valence-electron chi connectivity index (χ0n) is 9.47. The number of rotatable bonds is 4. The largest absolute Gasteiger partial charge is 0.294 e. The number of hydrogen-bond acceptors (Lipinski definition) is 3. The summed E-state index contributed by atoms with van der Waals surface area (Å²) in [4.78, 5) is 27.3. The molecule has 4 heteroatoms. The number of aromatic nitrogens is 1. The molecule has 2 rings (SSSR count). The fourth-order valence-electron chi connectivity index (χ4n) is 1.54. The first kappa shape index (κ1) is 12.1. The molecule has 0 fully saturated rings. The van der Waals surface area contributed by atoms with Crippen LogP contribution < -0.4 is 0 Å². The number of pyridine rings is 1. The summed E-state index contributed by atoms with van der Waals surface area (Å²) < 4.78 is 12.9. The quantitative estimate of drug-likeness (QED) is 0.612. The second-order valence-electron chi connectivity index (χ2n) is 3.78. The minimum atomic E-state index is -0.491. The maximum Gasteiger partial charge on any atom is 0.172 e. The Morgan fingerprint density at radius 1 is 1.06 bits per heavy atom. The Hall–Kier alpha value is -2.36. The van der Waals surface area contributed by atoms with Crippen LogP contribution in [0, 0.1) is 5.82 Å². The van der Waals surface area contributed by atoms with Crippen molar-refractivity contribution in [2.45, 2.75) is 6.42 Å². The standard InChI is InChI=1S/C14H10FNO2/c15-12-5-1-3-10(7-12)13(17)8-14(18)11-4-2-6-16-9-11/h1-7,9H,8H2. The van der Waals surface area contributed by atoms with Crippen LogP contribution in [0.5, 0.6) is 0 Å². The van der Waals surface area contributed by atoms with Crippen molar-refractivity contribution in [3.8, 4) is 0 Å². The Kier molecular flexibility index (Phi) is 3.57. The molecule has 0 aliphatic carbocycles. The van der Waals surface area contributed by atoms with Gasteiger partial charge in [-0.1, -0.05) is 12.1 Å². The van der Waals surface area contributed by atoms with Gasteiger partial charge in [0.1, 0.15) is 5.82 Å². The molecule has 2 aromatic rings. The Morgan fingerprint density at radius 3 is 2.44 bits per heavy atom. The topological polar surface area (TPSA) is 47.0 Å². The second kappa shape index (κ2) is 5.31. The number of benzene rings is 1. The van der Waals surface area contributed by atoms with E-state index in [4.69, 9.17) is 0 Å². The van der Waals surface area contributed by atoms with Gasteiger partial charge in [-0.3, -0.25) is 14.6 Å². The first-order valence-corrected chi connectivity index (χ1v) is 5.39. The molecule has 0 amide bonds. The Balaban J connectivity index is 2.11. The maximum absolute atomic E-state index is 12.9. The normalized spacial score (nSPS) is 10.1. The van der Waals surface area contributed by atoms with Crippen molar-refractivity contribution in [2.75, 3.05) is 0 Å². The van der Waals surface area contributed by atoms with Gasteiger partial charge in [-0.2, -0.15) is 0 Å². The minimum Gasteiger partial charge on any atom is -0.294 e. The smallest absolute Gasteiger partial charge is 0.172 e. The first-order chi connectivity index (χ1) is 8.66. The highest BCUT2D eigenvalue weighted by Crippen LogP contribution is 2.09. The molecule has 1 heterocycles. The first-order valence-electron chi connectivity index (χ1n) is 5.39. The van der Waals surface area contributed by atoms with Crippen molar-refractivity contribution in [3.63, 3.8) is 0 Å². The molecule has 0 radical (unpaired) electrons. The lowest BCUT2D eigenvalue weighted by Crippen LogP contribution is -2.09. The van der Waals surface area contributed by atoms with Crippen LogP contribution in [0.3, 0.4) is 0 Å². The van der Waals surface area contributed by atoms with Gasteiger partial charge >= 0.3 is 0 Å². The Labute approximate surface area is 103 Å². The zero-order chi connectivity index (χ0) is 13.0. The van der Waals surface area contributed by atoms with Crippen molar-refractivity contribution in [1.29, 1.82) is 0 Å². The predicted molar refractivity (Wildman–Crippen MR) is 63.9 cm³/mol. The van der Waals surface area contributed by atoms with E-state index in [-0.39, 0.29) is 17.8 Å². The molecule has 1 aromatic heterocycles. The number of carbonyl (C=O) groups excluding carboxylic acids is 2. The van der Waals surface area contributed by atoms with Crippen LogP contribution in [0.2, 0.25) is 0 Å². The van der Waals surface area contributed by atoms with Crippen molar-refractivity contribution in [2.24, 2.45) is 0 Å². The van der Waals surface area contributed by atoms with Crippen LogP contribution in [-0.4, -0.2) is 16.6 Å². The molecule has 0 N–H and O–H groups in total. The molecule has 0 unspecified atom stereocenters. The lowest BCUT2D eigenvalue weighted by atomic mass is 10.0. The van der Waals surface area contributed by atoms with Crippen molar-refractivity contribution < 1.29 is 14.0 Å². The molecule has 0 aliphatic rings. The van der Waals surface area contributed by atoms with E-state index in [1.54, 1.807) is 18.3 Å². The molecule has 18 heavy (non-hydrogen) atoms. The van der Waals surface area contributed by atoms with Gasteiger partial charge in [-0.05, 0) is 24.3 Å². The van der Waals surface area contributed by atoms with Crippen LogP contribution in [0.25, 0.3) is 0 Å². The summed E-state index contributed by atoms with van der Waals surface area (Å²) in [5, 5.41) is 0. The lowest BCUT2D eigenvalue weighted by Gasteiger charge is -2.01. The molecular formula is C14H10FNO2. The van der Waals surface area contributed by atoms with Crippen molar-refractivity contribution >= 4 is 11.6 Å². The summed E-state index contributed by atoms with van der Waals surface area (Å²) in [5.41, 5.74) is 0.578. The summed E-state index contributed by atoms with van der Waals surface area (Å²) in [6.07, 6.45) is 2.67. The molecular weight excluding hydrogens is 233 g/mol. The predicted octanol–water partition coefficient (Wildman–Crippen LogP) is 2.68. The highest BCUT2D eigenvalue weighted by atomic mass is 19.1. The summed E-state index contributed by atoms with van der Waals surface area (Å²) in [6, 6.07) is 8.52. The average molecular weight is 243 g/mol. The van der Waals surface area contributed by atoms with E-state index in [0.717, 1.165) is 6.07 Å². The summed E-state index contributed by atoms with van der Waals surface area (Å²) >= 11 is 0. The molecule has 90 valence electrons. The second-order valence-corrected chi connectivity index (χ2v) is 3.78. The van der Waals surface area contributed by atoms with E-state index < -0.39 is 11.6 Å². The van der Waals surface area contributed by atoms with Gasteiger partial charge in [-0.15, -0.1) is 0 Å². The van der Waals surface area contributed by atoms with Gasteiger partial charge in [0.05, 0.1) is 6.42 Å². The van der Waals surface area contributed by atoms with E-state index in [1.165, 1.54) is 24.4 Å². The highest BCUT2D eigenvalue weighted by Gasteiger charge is 2.13. The van der Waals surface area contributed by atoms with Crippen LogP contribution >= 0.6 is 0 Å². The number of halogens is 1. The third-order valence-electron chi connectivity index (χ3n) is 2.45. The summed E-state index contributed by atoms with van der Waals surface area (Å²) in [5.74, 6) is -1.21. The van der Waals surface area contributed by atoms with Gasteiger partial charge in [-0.25, -0.2) is 4.39 Å². The molecule has 0 saturated carbocycles. The third-order valence-corrected chi connectivity index (χ3v) is 2.45. The van der Waals surface area contributed by atoms with E-state index in [0.29, 0.717) is 5.56 Å². The molecule has 0 aliphatic heterocycles. The van der Waals surface area contributed by atoms with Crippen LogP contribution in [0.4, 0.5) is 4.39 Å².